The summed E-state index contributed by atoms with van der Waals surface area (Å²) in [6.07, 6.45) is 0. The second-order valence-electron chi connectivity index (χ2n) is 4.32. The van der Waals surface area contributed by atoms with Crippen molar-refractivity contribution >= 4 is 22.5 Å². The molecule has 1 amide bonds. The molecule has 5 heteroatoms. The van der Waals surface area contributed by atoms with Crippen molar-refractivity contribution in [2.45, 2.75) is 0 Å². The Morgan fingerprint density at radius 2 is 2.00 bits per heavy atom. The summed E-state index contributed by atoms with van der Waals surface area (Å²) in [6.45, 7) is 1.85. The van der Waals surface area contributed by atoms with Gasteiger partial charge in [0.1, 0.15) is 0 Å². The maximum atomic E-state index is 11.8. The average molecular weight is 243 g/mol. The molecule has 0 atom stereocenters. The Bertz CT molecular complexity index is 663. The molecule has 2 heterocycles. The van der Waals surface area contributed by atoms with Crippen LogP contribution in [0.25, 0.3) is 10.9 Å². The van der Waals surface area contributed by atoms with E-state index in [0.717, 1.165) is 23.1 Å². The van der Waals surface area contributed by atoms with Gasteiger partial charge < -0.3 is 15.2 Å². The minimum atomic E-state index is -0.117. The number of amides is 1. The number of rotatable bonds is 1. The van der Waals surface area contributed by atoms with Gasteiger partial charge in [-0.25, -0.2) is 0 Å². The molecule has 1 fully saturated rings. The summed E-state index contributed by atoms with van der Waals surface area (Å²) in [5, 5.41) is 3.97. The minimum absolute atomic E-state index is 0.0741. The molecule has 0 unspecified atom stereocenters. The van der Waals surface area contributed by atoms with Crippen molar-refractivity contribution in [3.63, 3.8) is 0 Å². The van der Waals surface area contributed by atoms with Gasteiger partial charge in [-0.3, -0.25) is 9.59 Å². The first kappa shape index (κ1) is 11.0. The summed E-state index contributed by atoms with van der Waals surface area (Å²) >= 11 is 0. The maximum Gasteiger partial charge on any atom is 0.248 e. The van der Waals surface area contributed by atoms with Crippen molar-refractivity contribution in [2.24, 2.45) is 0 Å². The van der Waals surface area contributed by atoms with Gasteiger partial charge in [-0.05, 0) is 24.3 Å². The van der Waals surface area contributed by atoms with E-state index in [9.17, 15) is 9.59 Å². The first-order chi connectivity index (χ1) is 8.74. The highest BCUT2D eigenvalue weighted by Gasteiger charge is 2.19. The Morgan fingerprint density at radius 3 is 2.83 bits per heavy atom. The number of hydrogen-bond donors (Lipinski definition) is 2. The van der Waals surface area contributed by atoms with Gasteiger partial charge in [-0.1, -0.05) is 0 Å². The van der Waals surface area contributed by atoms with Crippen molar-refractivity contribution in [2.75, 3.05) is 24.5 Å². The normalized spacial score (nSPS) is 16.2. The summed E-state index contributed by atoms with van der Waals surface area (Å²) in [5.74, 6) is 0.0741. The average Bonchev–Trinajstić information content (AvgIpc) is 2.39. The predicted octanol–water partition coefficient (Wildman–Crippen LogP) is 0.464. The fourth-order valence-electron chi connectivity index (χ4n) is 2.19. The van der Waals surface area contributed by atoms with E-state index in [2.05, 4.69) is 10.3 Å². The Balaban J connectivity index is 2.05. The predicted molar refractivity (Wildman–Crippen MR) is 69.8 cm³/mol. The summed E-state index contributed by atoms with van der Waals surface area (Å²) in [5.41, 5.74) is 1.54. The lowest BCUT2D eigenvalue weighted by atomic mass is 10.1. The van der Waals surface area contributed by atoms with E-state index in [0.29, 0.717) is 13.1 Å². The third-order valence-corrected chi connectivity index (χ3v) is 3.11. The summed E-state index contributed by atoms with van der Waals surface area (Å²) < 4.78 is 0. The van der Waals surface area contributed by atoms with Crippen LogP contribution >= 0.6 is 0 Å². The topological polar surface area (TPSA) is 65.2 Å². The lowest BCUT2D eigenvalue weighted by Gasteiger charge is -2.27. The third kappa shape index (κ3) is 1.89. The van der Waals surface area contributed by atoms with E-state index in [-0.39, 0.29) is 11.5 Å². The Hall–Kier alpha value is -2.14. The van der Waals surface area contributed by atoms with Crippen LogP contribution < -0.4 is 15.8 Å². The number of nitrogens with one attached hydrogen (secondary N) is 2. The Morgan fingerprint density at radius 1 is 1.11 bits per heavy atom. The number of benzene rings is 1. The van der Waals surface area contributed by atoms with Crippen LogP contribution in [0.1, 0.15) is 0 Å². The van der Waals surface area contributed by atoms with Crippen LogP contribution in [0, 0.1) is 0 Å². The molecule has 0 spiro atoms. The number of anilines is 1. The molecule has 3 rings (SSSR count). The first-order valence-electron chi connectivity index (χ1n) is 5.88. The number of H-pyrrole nitrogens is 1. The van der Waals surface area contributed by atoms with Crippen LogP contribution in [-0.4, -0.2) is 30.5 Å². The largest absolute Gasteiger partial charge is 0.322 e. The lowest BCUT2D eigenvalue weighted by Crippen LogP contribution is -2.48. The number of fused-ring (bicyclic) bond motifs is 1. The van der Waals surface area contributed by atoms with E-state index in [4.69, 9.17) is 0 Å². The standard InChI is InChI=1S/C13H13N3O2/c17-12-4-1-9-7-10(2-3-11(9)15-12)16-6-5-14-8-13(16)18/h1-4,7,14H,5-6,8H2,(H,15,17). The first-order valence-corrected chi connectivity index (χ1v) is 5.88. The van der Waals surface area contributed by atoms with Gasteiger partial charge in [0.05, 0.1) is 6.54 Å². The smallest absolute Gasteiger partial charge is 0.248 e. The maximum absolute atomic E-state index is 11.8. The number of hydrogen-bond acceptors (Lipinski definition) is 3. The second-order valence-corrected chi connectivity index (χ2v) is 4.32. The molecule has 1 saturated heterocycles. The summed E-state index contributed by atoms with van der Waals surface area (Å²) in [6, 6.07) is 8.88. The molecule has 0 bridgehead atoms. The summed E-state index contributed by atoms with van der Waals surface area (Å²) in [4.78, 5) is 27.5. The van der Waals surface area contributed by atoms with Crippen LogP contribution in [0.3, 0.4) is 0 Å². The van der Waals surface area contributed by atoms with Gasteiger partial charge >= 0.3 is 0 Å². The second kappa shape index (κ2) is 4.27. The van der Waals surface area contributed by atoms with Crippen LogP contribution in [-0.2, 0) is 4.79 Å². The summed E-state index contributed by atoms with van der Waals surface area (Å²) in [7, 11) is 0. The van der Waals surface area contributed by atoms with E-state index >= 15 is 0 Å². The molecule has 1 aliphatic heterocycles. The van der Waals surface area contributed by atoms with Gasteiger partial charge in [0.25, 0.3) is 0 Å². The molecule has 92 valence electrons. The highest BCUT2D eigenvalue weighted by Crippen LogP contribution is 2.20. The van der Waals surface area contributed by atoms with Gasteiger partial charge in [0.2, 0.25) is 11.5 Å². The zero-order valence-corrected chi connectivity index (χ0v) is 9.77. The molecule has 2 N–H and O–H groups in total. The van der Waals surface area contributed by atoms with E-state index in [1.165, 1.54) is 6.07 Å². The van der Waals surface area contributed by atoms with Crippen LogP contribution in [0.15, 0.2) is 35.1 Å². The van der Waals surface area contributed by atoms with Crippen LogP contribution in [0.4, 0.5) is 5.69 Å². The zero-order chi connectivity index (χ0) is 12.5. The minimum Gasteiger partial charge on any atom is -0.322 e. The van der Waals surface area contributed by atoms with Crippen LogP contribution in [0.2, 0.25) is 0 Å². The van der Waals surface area contributed by atoms with Crippen molar-refractivity contribution in [1.82, 2.24) is 10.3 Å². The Labute approximate surface area is 103 Å². The number of nitrogens with zero attached hydrogens (tertiary/aromatic N) is 1. The third-order valence-electron chi connectivity index (χ3n) is 3.11. The van der Waals surface area contributed by atoms with Crippen LogP contribution in [0.5, 0.6) is 0 Å². The number of carbonyl (C=O) groups excluding carboxylic acids is 1. The number of carbonyl (C=O) groups is 1. The van der Waals surface area contributed by atoms with Gasteiger partial charge in [-0.2, -0.15) is 0 Å². The SMILES string of the molecule is O=C1CNCCN1c1ccc2[nH]c(=O)ccc2c1. The quantitative estimate of drug-likeness (QED) is 0.765. The fraction of sp³-hybridized carbons (Fsp3) is 0.231. The molecule has 2 aromatic rings. The van der Waals surface area contributed by atoms with Crippen molar-refractivity contribution in [3.05, 3.63) is 40.7 Å². The number of piperazine rings is 1. The molecule has 18 heavy (non-hydrogen) atoms. The highest BCUT2D eigenvalue weighted by atomic mass is 16.2. The number of aromatic amines is 1. The van der Waals surface area contributed by atoms with Gasteiger partial charge in [0, 0.05) is 35.7 Å². The monoisotopic (exact) mass is 243 g/mol. The fourth-order valence-corrected chi connectivity index (χ4v) is 2.19. The molecule has 1 aliphatic rings. The molecule has 1 aromatic heterocycles. The molecule has 5 nitrogen and oxygen atoms in total. The number of pyridine rings is 1. The van der Waals surface area contributed by atoms with Crippen molar-refractivity contribution in [1.29, 1.82) is 0 Å². The van der Waals surface area contributed by atoms with E-state index in [1.54, 1.807) is 11.0 Å². The molecule has 0 aliphatic carbocycles. The highest BCUT2D eigenvalue weighted by molar-refractivity contribution is 5.97. The lowest BCUT2D eigenvalue weighted by molar-refractivity contribution is -0.118. The van der Waals surface area contributed by atoms with Gasteiger partial charge in [-0.15, -0.1) is 0 Å². The zero-order valence-electron chi connectivity index (χ0n) is 9.77. The molecule has 0 radical (unpaired) electrons. The number of aromatic nitrogens is 1. The van der Waals surface area contributed by atoms with Crippen molar-refractivity contribution < 1.29 is 4.79 Å². The molecular formula is C13H13N3O2. The molecule has 1 aromatic carbocycles. The van der Waals surface area contributed by atoms with E-state index < -0.39 is 0 Å². The molecular weight excluding hydrogens is 230 g/mol. The molecule has 0 saturated carbocycles. The Kier molecular flexibility index (Phi) is 2.60. The van der Waals surface area contributed by atoms with E-state index in [1.807, 2.05) is 18.2 Å². The van der Waals surface area contributed by atoms with Crippen molar-refractivity contribution in [3.8, 4) is 0 Å². The van der Waals surface area contributed by atoms with Gasteiger partial charge in [0.15, 0.2) is 0 Å².